The van der Waals surface area contributed by atoms with E-state index in [2.05, 4.69) is 35.8 Å². The fraction of sp³-hybridized carbons (Fsp3) is 0.250. The molecule has 0 aliphatic heterocycles. The number of anilines is 1. The number of hydrogen-bond acceptors (Lipinski definition) is 6. The van der Waals surface area contributed by atoms with Gasteiger partial charge in [-0.15, -0.1) is 16.4 Å². The topological polar surface area (TPSA) is 97.0 Å². The highest BCUT2D eigenvalue weighted by atomic mass is 79.9. The van der Waals surface area contributed by atoms with Crippen molar-refractivity contribution >= 4 is 43.2 Å². The maximum Gasteiger partial charge on any atom is 0.337 e. The van der Waals surface area contributed by atoms with Gasteiger partial charge in [0.15, 0.2) is 4.21 Å². The van der Waals surface area contributed by atoms with Gasteiger partial charge in [-0.25, -0.2) is 18.2 Å². The van der Waals surface area contributed by atoms with Crippen LogP contribution in [0.15, 0.2) is 20.1 Å². The summed E-state index contributed by atoms with van der Waals surface area (Å²) >= 11 is 4.27. The molecule has 2 heterocycles. The van der Waals surface area contributed by atoms with Gasteiger partial charge < -0.3 is 4.74 Å². The van der Waals surface area contributed by atoms with Crippen LogP contribution in [0.2, 0.25) is 0 Å². The molecule has 10 heteroatoms. The lowest BCUT2D eigenvalue weighted by molar-refractivity contribution is 0.314. The van der Waals surface area contributed by atoms with E-state index in [4.69, 9.17) is 4.74 Å². The maximum atomic E-state index is 12.0. The van der Waals surface area contributed by atoms with Gasteiger partial charge in [-0.05, 0) is 34.3 Å². The highest BCUT2D eigenvalue weighted by molar-refractivity contribution is 9.10. The first-order chi connectivity index (χ1) is 8.53. The maximum absolute atomic E-state index is 12.0. The van der Waals surface area contributed by atoms with Crippen molar-refractivity contribution in [2.75, 3.05) is 11.3 Å². The molecule has 0 aliphatic rings. The molecule has 0 fully saturated rings. The summed E-state index contributed by atoms with van der Waals surface area (Å²) in [6, 6.07) is 1.76. The third-order valence-electron chi connectivity index (χ3n) is 1.80. The van der Waals surface area contributed by atoms with E-state index in [1.54, 1.807) is 18.4 Å². The van der Waals surface area contributed by atoms with Gasteiger partial charge in [0.2, 0.25) is 5.95 Å². The van der Waals surface area contributed by atoms with Gasteiger partial charge in [-0.3, -0.25) is 0 Å². The molecule has 18 heavy (non-hydrogen) atoms. The predicted octanol–water partition coefficient (Wildman–Crippen LogP) is 1.83. The van der Waals surface area contributed by atoms with Gasteiger partial charge in [-0.2, -0.15) is 4.98 Å². The first-order valence-corrected chi connectivity index (χ1v) is 7.99. The number of rotatable bonds is 5. The number of nitrogens with zero attached hydrogens (tertiary/aromatic N) is 2. The van der Waals surface area contributed by atoms with E-state index < -0.39 is 10.0 Å². The van der Waals surface area contributed by atoms with Crippen LogP contribution in [0.4, 0.5) is 5.95 Å². The van der Waals surface area contributed by atoms with Crippen molar-refractivity contribution < 1.29 is 13.2 Å². The summed E-state index contributed by atoms with van der Waals surface area (Å²) in [5, 5.41) is 7.81. The fourth-order valence-corrected chi connectivity index (χ4v) is 4.43. The minimum atomic E-state index is -3.67. The summed E-state index contributed by atoms with van der Waals surface area (Å²) in [7, 11) is -3.67. The Hall–Kier alpha value is -1.13. The van der Waals surface area contributed by atoms with Gasteiger partial charge in [0.25, 0.3) is 10.0 Å². The number of aromatic nitrogens is 3. The smallest absolute Gasteiger partial charge is 0.337 e. The highest BCUT2D eigenvalue weighted by Gasteiger charge is 2.21. The summed E-state index contributed by atoms with van der Waals surface area (Å²) in [4.78, 5) is 3.83. The van der Waals surface area contributed by atoms with E-state index in [9.17, 15) is 8.42 Å². The zero-order chi connectivity index (χ0) is 13.2. The van der Waals surface area contributed by atoms with Gasteiger partial charge >= 0.3 is 6.01 Å². The number of halogens is 1. The summed E-state index contributed by atoms with van der Waals surface area (Å²) in [5.74, 6) is 0.0127. The summed E-state index contributed by atoms with van der Waals surface area (Å²) in [6.07, 6.45) is 0. The number of nitrogens with one attached hydrogen (secondary N) is 2. The number of sulfonamides is 1. The van der Waals surface area contributed by atoms with Gasteiger partial charge in [0, 0.05) is 4.47 Å². The van der Waals surface area contributed by atoms with Crippen LogP contribution in [-0.2, 0) is 10.0 Å². The van der Waals surface area contributed by atoms with E-state index in [0.29, 0.717) is 11.1 Å². The molecule has 2 rings (SSSR count). The normalized spacial score (nSPS) is 11.4. The Labute approximate surface area is 116 Å². The van der Waals surface area contributed by atoms with Gasteiger partial charge in [0.05, 0.1) is 6.61 Å². The average molecular weight is 353 g/mol. The first-order valence-electron chi connectivity index (χ1n) is 4.84. The molecule has 0 spiro atoms. The molecular weight excluding hydrogens is 344 g/mol. The molecule has 0 aromatic carbocycles. The van der Waals surface area contributed by atoms with Crippen LogP contribution in [0.1, 0.15) is 6.92 Å². The minimum absolute atomic E-state index is 0.0127. The number of hydrogen-bond donors (Lipinski definition) is 2. The molecule has 0 amide bonds. The molecule has 2 N–H and O–H groups in total. The van der Waals surface area contributed by atoms with Crippen molar-refractivity contribution in [2.45, 2.75) is 11.1 Å². The van der Waals surface area contributed by atoms with Crippen LogP contribution in [-0.4, -0.2) is 30.2 Å². The van der Waals surface area contributed by atoms with Crippen molar-refractivity contribution in [3.8, 4) is 6.01 Å². The monoisotopic (exact) mass is 352 g/mol. The molecule has 0 saturated heterocycles. The molecule has 0 aliphatic carbocycles. The van der Waals surface area contributed by atoms with E-state index >= 15 is 0 Å². The number of aromatic amines is 1. The third-order valence-corrected chi connectivity index (χ3v) is 5.81. The van der Waals surface area contributed by atoms with Crippen LogP contribution < -0.4 is 9.46 Å². The average Bonchev–Trinajstić information content (AvgIpc) is 2.88. The van der Waals surface area contributed by atoms with Gasteiger partial charge in [0.1, 0.15) is 0 Å². The second-order valence-electron chi connectivity index (χ2n) is 3.06. The molecule has 2 aromatic rings. The van der Waals surface area contributed by atoms with E-state index in [1.165, 1.54) is 0 Å². The Bertz CT molecular complexity index is 636. The van der Waals surface area contributed by atoms with Crippen LogP contribution in [0.5, 0.6) is 6.01 Å². The fourth-order valence-electron chi connectivity index (χ4n) is 1.13. The second kappa shape index (κ2) is 5.24. The molecule has 0 atom stereocenters. The van der Waals surface area contributed by atoms with E-state index in [1.807, 2.05) is 0 Å². The molecule has 0 radical (unpaired) electrons. The molecular formula is C8H9BrN4O3S2. The Morgan fingerprint density at radius 1 is 1.61 bits per heavy atom. The summed E-state index contributed by atoms with van der Waals surface area (Å²) < 4.78 is 32.0. The Balaban J connectivity index is 2.20. The van der Waals surface area contributed by atoms with Crippen LogP contribution >= 0.6 is 27.3 Å². The van der Waals surface area contributed by atoms with E-state index in [-0.39, 0.29) is 16.2 Å². The molecule has 0 bridgehead atoms. The van der Waals surface area contributed by atoms with Crippen molar-refractivity contribution in [3.63, 3.8) is 0 Å². The van der Waals surface area contributed by atoms with Crippen molar-refractivity contribution in [3.05, 3.63) is 15.9 Å². The summed E-state index contributed by atoms with van der Waals surface area (Å²) in [5.41, 5.74) is 0. The Morgan fingerprint density at radius 3 is 3.00 bits per heavy atom. The minimum Gasteiger partial charge on any atom is -0.463 e. The summed E-state index contributed by atoms with van der Waals surface area (Å²) in [6.45, 7) is 2.18. The quantitative estimate of drug-likeness (QED) is 0.855. The van der Waals surface area contributed by atoms with Crippen LogP contribution in [0, 0.1) is 0 Å². The van der Waals surface area contributed by atoms with Crippen molar-refractivity contribution in [1.29, 1.82) is 0 Å². The standard InChI is InChI=1S/C8H9BrN4O3S2/c1-2-16-8-10-7(11-12-8)13-18(14,15)6-5(9)3-4-17-6/h3-4H,2H2,1H3,(H2,10,11,12,13). The number of ether oxygens (including phenoxy) is 1. The largest absolute Gasteiger partial charge is 0.463 e. The molecule has 98 valence electrons. The first kappa shape index (κ1) is 13.3. The highest BCUT2D eigenvalue weighted by Crippen LogP contribution is 2.28. The SMILES string of the molecule is CCOc1n[nH]c(NS(=O)(=O)c2sccc2Br)n1. The number of H-pyrrole nitrogens is 1. The lowest BCUT2D eigenvalue weighted by atomic mass is 10.7. The van der Waals surface area contributed by atoms with Crippen molar-refractivity contribution in [1.82, 2.24) is 15.2 Å². The molecule has 2 aromatic heterocycles. The van der Waals surface area contributed by atoms with Crippen LogP contribution in [0.3, 0.4) is 0 Å². The predicted molar refractivity (Wildman–Crippen MR) is 70.4 cm³/mol. The van der Waals surface area contributed by atoms with Gasteiger partial charge in [-0.1, -0.05) is 0 Å². The third kappa shape index (κ3) is 2.82. The zero-order valence-corrected chi connectivity index (χ0v) is 12.4. The Kier molecular flexibility index (Phi) is 3.88. The lowest BCUT2D eigenvalue weighted by Gasteiger charge is -2.02. The number of thiophene rings is 1. The zero-order valence-electron chi connectivity index (χ0n) is 9.18. The molecule has 0 unspecified atom stereocenters. The lowest BCUT2D eigenvalue weighted by Crippen LogP contribution is -2.13. The Morgan fingerprint density at radius 2 is 2.39 bits per heavy atom. The molecule has 7 nitrogen and oxygen atoms in total. The van der Waals surface area contributed by atoms with Crippen molar-refractivity contribution in [2.24, 2.45) is 0 Å². The second-order valence-corrected chi connectivity index (χ2v) is 6.71. The van der Waals surface area contributed by atoms with E-state index in [0.717, 1.165) is 11.3 Å². The molecule has 0 saturated carbocycles. The van der Waals surface area contributed by atoms with Crippen LogP contribution in [0.25, 0.3) is 0 Å².